The summed E-state index contributed by atoms with van der Waals surface area (Å²) in [5.41, 5.74) is 0.289. The average Bonchev–Trinajstić information content (AvgIpc) is 2.52. The average molecular weight is 311 g/mol. The number of likely N-dealkylation sites (tertiary alicyclic amines) is 1. The molecule has 0 bridgehead atoms. The van der Waals surface area contributed by atoms with Crippen LogP contribution in [0.3, 0.4) is 0 Å². The molecule has 1 atom stereocenters. The van der Waals surface area contributed by atoms with E-state index in [4.69, 9.17) is 0 Å². The molecule has 0 N–H and O–H groups in total. The van der Waals surface area contributed by atoms with Crippen LogP contribution in [0.25, 0.3) is 0 Å². The summed E-state index contributed by atoms with van der Waals surface area (Å²) in [6.07, 6.45) is 0.690. The molecule has 1 heterocycles. The molecule has 1 saturated heterocycles. The number of hydrogen-bond acceptors (Lipinski definition) is 1. The van der Waals surface area contributed by atoms with Crippen molar-refractivity contribution in [3.8, 4) is 0 Å². The summed E-state index contributed by atoms with van der Waals surface area (Å²) in [4.78, 5) is 13.4. The lowest BCUT2D eigenvalue weighted by Gasteiger charge is -2.32. The van der Waals surface area contributed by atoms with Crippen LogP contribution in [0.4, 0.5) is 13.2 Å². The van der Waals surface area contributed by atoms with Crippen molar-refractivity contribution in [1.82, 2.24) is 4.90 Å². The van der Waals surface area contributed by atoms with Crippen molar-refractivity contribution >= 4 is 5.91 Å². The normalized spacial score (nSPS) is 19.0. The topological polar surface area (TPSA) is 20.3 Å². The molecular weight excluding hydrogens is 291 g/mol. The van der Waals surface area contributed by atoms with Crippen molar-refractivity contribution in [3.05, 3.63) is 48.0 Å². The Morgan fingerprint density at radius 1 is 1.32 bits per heavy atom. The number of halogens is 3. The van der Waals surface area contributed by atoms with E-state index in [1.165, 1.54) is 18.2 Å². The minimum absolute atomic E-state index is 0.0424. The van der Waals surface area contributed by atoms with E-state index < -0.39 is 11.7 Å². The lowest BCUT2D eigenvalue weighted by molar-refractivity contribution is -0.137. The van der Waals surface area contributed by atoms with E-state index >= 15 is 0 Å². The number of nitrogens with zero attached hydrogens (tertiary/aromatic N) is 1. The first kappa shape index (κ1) is 16.6. The third-order valence-corrected chi connectivity index (χ3v) is 4.13. The number of benzene rings is 1. The molecule has 1 aromatic rings. The van der Waals surface area contributed by atoms with Crippen molar-refractivity contribution in [2.24, 2.45) is 5.92 Å². The van der Waals surface area contributed by atoms with Crippen LogP contribution in [0.2, 0.25) is 0 Å². The zero-order valence-electron chi connectivity index (χ0n) is 12.4. The predicted molar refractivity (Wildman–Crippen MR) is 79.3 cm³/mol. The third kappa shape index (κ3) is 4.36. The lowest BCUT2D eigenvalue weighted by Crippen LogP contribution is -2.39. The molecule has 1 amide bonds. The smallest absolute Gasteiger partial charge is 0.339 e. The van der Waals surface area contributed by atoms with Crippen molar-refractivity contribution < 1.29 is 18.0 Å². The van der Waals surface area contributed by atoms with E-state index in [1.54, 1.807) is 4.90 Å². The van der Waals surface area contributed by atoms with Crippen molar-refractivity contribution in [1.29, 1.82) is 0 Å². The summed E-state index contributed by atoms with van der Waals surface area (Å²) >= 11 is 0. The van der Waals surface area contributed by atoms with Crippen LogP contribution < -0.4 is 0 Å². The highest BCUT2D eigenvalue weighted by Gasteiger charge is 2.30. The molecule has 22 heavy (non-hydrogen) atoms. The molecule has 1 aromatic carbocycles. The van der Waals surface area contributed by atoms with E-state index in [0.29, 0.717) is 12.5 Å². The molecule has 1 fully saturated rings. The molecule has 1 unspecified atom stereocenters. The van der Waals surface area contributed by atoms with Gasteiger partial charge in [0.25, 0.3) is 0 Å². The van der Waals surface area contributed by atoms with Gasteiger partial charge in [0, 0.05) is 13.1 Å². The molecule has 0 saturated carbocycles. The van der Waals surface area contributed by atoms with Gasteiger partial charge in [-0.1, -0.05) is 18.7 Å². The summed E-state index contributed by atoms with van der Waals surface area (Å²) in [6, 6.07) is 5.34. The van der Waals surface area contributed by atoms with Gasteiger partial charge in [-0.15, -0.1) is 0 Å². The summed E-state index contributed by atoms with van der Waals surface area (Å²) in [5, 5.41) is 0. The van der Waals surface area contributed by atoms with Gasteiger partial charge >= 0.3 is 6.18 Å². The number of carbonyl (C=O) groups excluding carboxylic acids is 1. The molecule has 0 aromatic heterocycles. The summed E-state index contributed by atoms with van der Waals surface area (Å²) in [6.45, 7) is 4.98. The number of hydrogen-bond donors (Lipinski definition) is 0. The fourth-order valence-electron chi connectivity index (χ4n) is 2.86. The van der Waals surface area contributed by atoms with Crippen LogP contribution in [-0.4, -0.2) is 23.9 Å². The lowest BCUT2D eigenvalue weighted by atomic mass is 9.91. The van der Waals surface area contributed by atoms with E-state index in [9.17, 15) is 18.0 Å². The summed E-state index contributed by atoms with van der Waals surface area (Å²) in [5.74, 6) is 0.360. The molecule has 1 aliphatic rings. The van der Waals surface area contributed by atoms with Gasteiger partial charge in [-0.05, 0) is 55.4 Å². The molecule has 0 spiro atoms. The minimum Gasteiger partial charge on any atom is -0.339 e. The van der Waals surface area contributed by atoms with Crippen molar-refractivity contribution in [3.63, 3.8) is 0 Å². The second kappa shape index (κ2) is 6.99. The van der Waals surface area contributed by atoms with Crippen LogP contribution in [0.1, 0.15) is 30.4 Å². The molecule has 120 valence electrons. The fourth-order valence-corrected chi connectivity index (χ4v) is 2.86. The van der Waals surface area contributed by atoms with Gasteiger partial charge in [0.05, 0.1) is 5.56 Å². The maximum atomic E-state index is 12.5. The van der Waals surface area contributed by atoms with E-state index in [2.05, 4.69) is 6.58 Å². The number of alkyl halides is 3. The zero-order valence-corrected chi connectivity index (χ0v) is 12.4. The molecule has 2 rings (SSSR count). The second-order valence-electron chi connectivity index (χ2n) is 5.73. The Bertz CT molecular complexity index is 522. The number of rotatable bonds is 4. The largest absolute Gasteiger partial charge is 0.416 e. The molecule has 0 radical (unpaired) electrons. The van der Waals surface area contributed by atoms with Crippen LogP contribution in [-0.2, 0) is 17.4 Å². The number of piperidine rings is 1. The van der Waals surface area contributed by atoms with Gasteiger partial charge in [-0.25, -0.2) is 0 Å². The van der Waals surface area contributed by atoms with Crippen LogP contribution in [0.5, 0.6) is 0 Å². The molecular formula is C17H20F3NO. The molecule has 0 aliphatic carbocycles. The maximum Gasteiger partial charge on any atom is 0.416 e. The Hall–Kier alpha value is -1.78. The first-order chi connectivity index (χ1) is 10.4. The third-order valence-electron chi connectivity index (χ3n) is 4.13. The summed E-state index contributed by atoms with van der Waals surface area (Å²) < 4.78 is 37.5. The first-order valence-electron chi connectivity index (χ1n) is 7.47. The Balaban J connectivity index is 1.87. The quantitative estimate of drug-likeness (QED) is 0.768. The first-order valence-corrected chi connectivity index (χ1v) is 7.47. The minimum atomic E-state index is -4.28. The maximum absolute atomic E-state index is 12.5. The summed E-state index contributed by atoms with van der Waals surface area (Å²) in [7, 11) is 0. The predicted octanol–water partition coefficient (Wildman–Crippen LogP) is 4.06. The molecule has 5 heteroatoms. The standard InChI is InChI=1S/C17H20F3NO/c1-2-16(22)21-11-3-4-14(12-21)6-5-13-7-9-15(10-8-13)17(18,19)20/h2,7-10,14H,1,3-6,11-12H2. The van der Waals surface area contributed by atoms with Gasteiger partial charge < -0.3 is 4.90 Å². The Morgan fingerprint density at radius 2 is 2.00 bits per heavy atom. The van der Waals surface area contributed by atoms with Gasteiger partial charge in [0.1, 0.15) is 0 Å². The number of carbonyl (C=O) groups is 1. The Kier molecular flexibility index (Phi) is 5.27. The highest BCUT2D eigenvalue weighted by molar-refractivity contribution is 5.87. The van der Waals surface area contributed by atoms with Crippen molar-refractivity contribution in [2.45, 2.75) is 31.9 Å². The van der Waals surface area contributed by atoms with E-state index in [-0.39, 0.29) is 5.91 Å². The number of amides is 1. The van der Waals surface area contributed by atoms with Gasteiger partial charge in [0.2, 0.25) is 5.91 Å². The second-order valence-corrected chi connectivity index (χ2v) is 5.73. The molecule has 1 aliphatic heterocycles. The van der Waals surface area contributed by atoms with Gasteiger partial charge in [-0.3, -0.25) is 4.79 Å². The van der Waals surface area contributed by atoms with Gasteiger partial charge in [0.15, 0.2) is 0 Å². The Morgan fingerprint density at radius 3 is 2.59 bits per heavy atom. The molecule has 2 nitrogen and oxygen atoms in total. The van der Waals surface area contributed by atoms with E-state index in [1.807, 2.05) is 0 Å². The highest BCUT2D eigenvalue weighted by atomic mass is 19.4. The zero-order chi connectivity index (χ0) is 16.2. The highest BCUT2D eigenvalue weighted by Crippen LogP contribution is 2.29. The van der Waals surface area contributed by atoms with E-state index in [0.717, 1.165) is 49.9 Å². The van der Waals surface area contributed by atoms with Crippen molar-refractivity contribution in [2.75, 3.05) is 13.1 Å². The van der Waals surface area contributed by atoms with Gasteiger partial charge in [-0.2, -0.15) is 13.2 Å². The fraction of sp³-hybridized carbons (Fsp3) is 0.471. The Labute approximate surface area is 128 Å². The van der Waals surface area contributed by atoms with Crippen LogP contribution >= 0.6 is 0 Å². The SMILES string of the molecule is C=CC(=O)N1CCCC(CCc2ccc(C(F)(F)F)cc2)C1. The number of aryl methyl sites for hydroxylation is 1. The van der Waals surface area contributed by atoms with Crippen LogP contribution in [0.15, 0.2) is 36.9 Å². The monoisotopic (exact) mass is 311 g/mol. The van der Waals surface area contributed by atoms with Crippen LogP contribution in [0, 0.1) is 5.92 Å².